The molecule has 3 rings (SSSR count). The van der Waals surface area contributed by atoms with Crippen LogP contribution in [0.15, 0.2) is 23.4 Å². The highest BCUT2D eigenvalue weighted by Crippen LogP contribution is 2.39. The molecule has 0 radical (unpaired) electrons. The van der Waals surface area contributed by atoms with Crippen molar-refractivity contribution in [2.45, 2.75) is 30.5 Å². The Morgan fingerprint density at radius 2 is 2.17 bits per heavy atom. The molecule has 0 spiro atoms. The molecule has 9 heteroatoms. The van der Waals surface area contributed by atoms with E-state index in [2.05, 4.69) is 15.5 Å². The first-order valence-corrected chi connectivity index (χ1v) is 8.82. The Morgan fingerprint density at radius 3 is 2.87 bits per heavy atom. The number of nitrogens with one attached hydrogen (secondary N) is 1. The zero-order valence-corrected chi connectivity index (χ0v) is 14.5. The number of amides is 1. The fourth-order valence-corrected chi connectivity index (χ4v) is 3.22. The fourth-order valence-electron chi connectivity index (χ4n) is 2.05. The second-order valence-electron chi connectivity index (χ2n) is 5.29. The summed E-state index contributed by atoms with van der Waals surface area (Å²) in [5.74, 6) is 7.24. The van der Waals surface area contributed by atoms with Crippen LogP contribution in [0.1, 0.15) is 30.1 Å². The van der Waals surface area contributed by atoms with E-state index < -0.39 is 0 Å². The van der Waals surface area contributed by atoms with Crippen LogP contribution in [0.25, 0.3) is 0 Å². The molecule has 1 heterocycles. The normalized spacial score (nSPS) is 14.0. The Morgan fingerprint density at radius 1 is 1.39 bits per heavy atom. The van der Waals surface area contributed by atoms with Crippen LogP contribution in [0.2, 0.25) is 10.0 Å². The molecule has 0 saturated heterocycles. The van der Waals surface area contributed by atoms with Crippen LogP contribution in [0.3, 0.4) is 0 Å². The molecule has 2 aromatic rings. The first-order valence-electron chi connectivity index (χ1n) is 7.08. The van der Waals surface area contributed by atoms with Crippen LogP contribution in [0.5, 0.6) is 0 Å². The Kier molecular flexibility index (Phi) is 4.99. The quantitative estimate of drug-likeness (QED) is 0.601. The van der Waals surface area contributed by atoms with Gasteiger partial charge in [0.15, 0.2) is 5.82 Å². The molecular formula is C14H15Cl2N5OS. The number of carbonyl (C=O) groups is 1. The van der Waals surface area contributed by atoms with Gasteiger partial charge in [-0.05, 0) is 30.5 Å². The molecule has 0 bridgehead atoms. The minimum atomic E-state index is -0.128. The second-order valence-corrected chi connectivity index (χ2v) is 7.07. The number of rotatable bonds is 6. The summed E-state index contributed by atoms with van der Waals surface area (Å²) in [5, 5.41) is 12.5. The maximum Gasteiger partial charge on any atom is 0.230 e. The van der Waals surface area contributed by atoms with E-state index >= 15 is 0 Å². The zero-order chi connectivity index (χ0) is 16.4. The molecule has 3 N–H and O–H groups in total. The number of benzene rings is 1. The topological polar surface area (TPSA) is 85.8 Å². The second kappa shape index (κ2) is 6.98. The summed E-state index contributed by atoms with van der Waals surface area (Å²) in [5.41, 5.74) is 0.812. The maximum atomic E-state index is 11.9. The van der Waals surface area contributed by atoms with E-state index in [1.165, 1.54) is 16.4 Å². The molecule has 0 atom stereocenters. The molecular weight excluding hydrogens is 357 g/mol. The average Bonchev–Trinajstić information content (AvgIpc) is 3.28. The first kappa shape index (κ1) is 16.4. The lowest BCUT2D eigenvalue weighted by atomic mass is 10.2. The van der Waals surface area contributed by atoms with Gasteiger partial charge in [-0.25, -0.2) is 4.68 Å². The third-order valence-corrected chi connectivity index (χ3v) is 4.99. The number of aromatic nitrogens is 3. The number of halogens is 2. The summed E-state index contributed by atoms with van der Waals surface area (Å²) in [7, 11) is 0. The van der Waals surface area contributed by atoms with E-state index in [4.69, 9.17) is 29.0 Å². The van der Waals surface area contributed by atoms with Crippen LogP contribution in [-0.2, 0) is 11.3 Å². The number of hydrogen-bond donors (Lipinski definition) is 2. The van der Waals surface area contributed by atoms with Crippen molar-refractivity contribution in [2.24, 2.45) is 0 Å². The smallest absolute Gasteiger partial charge is 0.230 e. The molecule has 0 unspecified atom stereocenters. The first-order chi connectivity index (χ1) is 11.0. The summed E-state index contributed by atoms with van der Waals surface area (Å²) in [6, 6.07) is 5.17. The van der Waals surface area contributed by atoms with Crippen LogP contribution < -0.4 is 11.2 Å². The van der Waals surface area contributed by atoms with Crippen LogP contribution in [0, 0.1) is 0 Å². The summed E-state index contributed by atoms with van der Waals surface area (Å²) >= 11 is 13.2. The SMILES string of the molecule is Nn1c(SCC(=O)NCc2ccc(Cl)cc2Cl)nnc1C1CC1. The number of hydrogen-bond acceptors (Lipinski definition) is 5. The highest BCUT2D eigenvalue weighted by Gasteiger charge is 2.29. The number of nitrogen functional groups attached to an aromatic ring is 1. The van der Waals surface area contributed by atoms with E-state index in [1.54, 1.807) is 18.2 Å². The lowest BCUT2D eigenvalue weighted by Crippen LogP contribution is -2.25. The molecule has 1 aliphatic carbocycles. The Bertz CT molecular complexity index is 732. The van der Waals surface area contributed by atoms with Crippen molar-refractivity contribution in [3.63, 3.8) is 0 Å². The molecule has 23 heavy (non-hydrogen) atoms. The lowest BCUT2D eigenvalue weighted by molar-refractivity contribution is -0.118. The number of thioether (sulfide) groups is 1. The number of nitrogens with zero attached hydrogens (tertiary/aromatic N) is 3. The van der Waals surface area contributed by atoms with Gasteiger partial charge in [0.05, 0.1) is 5.75 Å². The van der Waals surface area contributed by atoms with Crippen LogP contribution >= 0.6 is 35.0 Å². The summed E-state index contributed by atoms with van der Waals surface area (Å²) in [6.45, 7) is 0.345. The lowest BCUT2D eigenvalue weighted by Gasteiger charge is -2.07. The van der Waals surface area contributed by atoms with Gasteiger partial charge in [-0.1, -0.05) is 41.0 Å². The van der Waals surface area contributed by atoms with Crippen molar-refractivity contribution >= 4 is 40.9 Å². The predicted octanol–water partition coefficient (Wildman–Crippen LogP) is 2.58. The largest absolute Gasteiger partial charge is 0.351 e. The van der Waals surface area contributed by atoms with Gasteiger partial charge in [0.25, 0.3) is 0 Å². The monoisotopic (exact) mass is 371 g/mol. The van der Waals surface area contributed by atoms with Gasteiger partial charge in [0.1, 0.15) is 0 Å². The van der Waals surface area contributed by atoms with Crippen molar-refractivity contribution in [1.82, 2.24) is 20.2 Å². The van der Waals surface area contributed by atoms with Crippen molar-refractivity contribution in [2.75, 3.05) is 11.6 Å². The summed E-state index contributed by atoms with van der Waals surface area (Å²) in [6.07, 6.45) is 2.20. The van der Waals surface area contributed by atoms with Gasteiger partial charge in [-0.15, -0.1) is 10.2 Å². The number of nitrogens with two attached hydrogens (primary N) is 1. The average molecular weight is 372 g/mol. The third-order valence-electron chi connectivity index (χ3n) is 3.46. The van der Waals surface area contributed by atoms with Crippen molar-refractivity contribution in [3.8, 4) is 0 Å². The van der Waals surface area contributed by atoms with Gasteiger partial charge in [-0.3, -0.25) is 4.79 Å². The maximum absolute atomic E-state index is 11.9. The Hall–Kier alpha value is -1.44. The van der Waals surface area contributed by atoms with E-state index in [0.29, 0.717) is 27.7 Å². The van der Waals surface area contributed by atoms with Gasteiger partial charge in [0.2, 0.25) is 11.1 Å². The molecule has 122 valence electrons. The molecule has 0 aliphatic heterocycles. The highest BCUT2D eigenvalue weighted by atomic mass is 35.5. The third kappa shape index (κ3) is 4.10. The van der Waals surface area contributed by atoms with E-state index in [9.17, 15) is 4.79 Å². The molecule has 1 saturated carbocycles. The van der Waals surface area contributed by atoms with E-state index in [0.717, 1.165) is 24.2 Å². The highest BCUT2D eigenvalue weighted by molar-refractivity contribution is 7.99. The molecule has 1 aromatic carbocycles. The van der Waals surface area contributed by atoms with Crippen LogP contribution in [0.4, 0.5) is 0 Å². The van der Waals surface area contributed by atoms with Crippen molar-refractivity contribution < 1.29 is 4.79 Å². The number of carbonyl (C=O) groups excluding carboxylic acids is 1. The predicted molar refractivity (Wildman–Crippen MR) is 91.2 cm³/mol. The zero-order valence-electron chi connectivity index (χ0n) is 12.1. The van der Waals surface area contributed by atoms with E-state index in [-0.39, 0.29) is 11.7 Å². The minimum absolute atomic E-state index is 0.128. The molecule has 1 aromatic heterocycles. The van der Waals surface area contributed by atoms with Gasteiger partial charge in [0, 0.05) is 22.5 Å². The summed E-state index contributed by atoms with van der Waals surface area (Å²) < 4.78 is 1.48. The van der Waals surface area contributed by atoms with Gasteiger partial charge in [-0.2, -0.15) is 0 Å². The van der Waals surface area contributed by atoms with Crippen LogP contribution in [-0.4, -0.2) is 26.5 Å². The standard InChI is InChI=1S/C14H15Cl2N5OS/c15-10-4-3-9(11(16)5-10)6-18-12(22)7-23-14-20-19-13(21(14)17)8-1-2-8/h3-5,8H,1-2,6-7,17H2,(H,18,22). The fraction of sp³-hybridized carbons (Fsp3) is 0.357. The van der Waals surface area contributed by atoms with Crippen molar-refractivity contribution in [3.05, 3.63) is 39.6 Å². The molecule has 1 aliphatic rings. The summed E-state index contributed by atoms with van der Waals surface area (Å²) in [4.78, 5) is 11.9. The molecule has 6 nitrogen and oxygen atoms in total. The van der Waals surface area contributed by atoms with Crippen molar-refractivity contribution in [1.29, 1.82) is 0 Å². The van der Waals surface area contributed by atoms with Gasteiger partial charge < -0.3 is 11.2 Å². The minimum Gasteiger partial charge on any atom is -0.351 e. The van der Waals surface area contributed by atoms with E-state index in [1.807, 2.05) is 0 Å². The Labute approximate surface area is 147 Å². The molecule has 1 amide bonds. The Balaban J connectivity index is 1.49. The van der Waals surface area contributed by atoms with Gasteiger partial charge >= 0.3 is 0 Å². The molecule has 1 fully saturated rings.